The number of aromatic nitrogens is 1. The standard InChI is InChI=1S/C17H20N2O2/c1-12(20)11-13-5-4-10-19(13)17(21)15-8-9-18-16-7-3-2-6-14(15)16/h2-3,6-9,12-13,20H,4-5,10-11H2,1H3. The van der Waals surface area contributed by atoms with Crippen LogP contribution in [-0.2, 0) is 0 Å². The number of hydrogen-bond donors (Lipinski definition) is 1. The fourth-order valence-electron chi connectivity index (χ4n) is 3.18. The Kier molecular flexibility index (Phi) is 3.88. The number of nitrogens with zero attached hydrogens (tertiary/aromatic N) is 2. The maximum Gasteiger partial charge on any atom is 0.254 e. The number of aliphatic hydroxyl groups excluding tert-OH is 1. The Bertz CT molecular complexity index is 649. The third-order valence-corrected chi connectivity index (χ3v) is 4.13. The zero-order valence-electron chi connectivity index (χ0n) is 12.2. The molecule has 1 aliphatic rings. The average molecular weight is 284 g/mol. The van der Waals surface area contributed by atoms with Crippen LogP contribution in [-0.4, -0.2) is 39.6 Å². The van der Waals surface area contributed by atoms with Gasteiger partial charge >= 0.3 is 0 Å². The number of carbonyl (C=O) groups excluding carboxylic acids is 1. The quantitative estimate of drug-likeness (QED) is 0.942. The Morgan fingerprint density at radius 1 is 1.43 bits per heavy atom. The summed E-state index contributed by atoms with van der Waals surface area (Å²) in [5.74, 6) is 0.0525. The van der Waals surface area contributed by atoms with Gasteiger partial charge in [0.2, 0.25) is 0 Å². The number of hydrogen-bond acceptors (Lipinski definition) is 3. The SMILES string of the molecule is CC(O)CC1CCCN1C(=O)c1ccnc2ccccc12. The molecular weight excluding hydrogens is 264 g/mol. The molecule has 0 spiro atoms. The van der Waals surface area contributed by atoms with E-state index in [4.69, 9.17) is 0 Å². The van der Waals surface area contributed by atoms with Crippen molar-refractivity contribution in [3.8, 4) is 0 Å². The topological polar surface area (TPSA) is 53.4 Å². The predicted molar refractivity (Wildman–Crippen MR) is 82.1 cm³/mol. The van der Waals surface area contributed by atoms with Crippen LogP contribution < -0.4 is 0 Å². The number of rotatable bonds is 3. The fourth-order valence-corrected chi connectivity index (χ4v) is 3.18. The van der Waals surface area contributed by atoms with Crippen LogP contribution in [0.1, 0.15) is 36.5 Å². The maximum absolute atomic E-state index is 12.9. The molecule has 0 bridgehead atoms. The monoisotopic (exact) mass is 284 g/mol. The number of pyridine rings is 1. The zero-order valence-corrected chi connectivity index (χ0v) is 12.2. The molecular formula is C17H20N2O2. The van der Waals surface area contributed by atoms with Crippen molar-refractivity contribution in [3.05, 3.63) is 42.1 Å². The number of likely N-dealkylation sites (tertiary alicyclic amines) is 1. The molecule has 1 N–H and O–H groups in total. The maximum atomic E-state index is 12.9. The summed E-state index contributed by atoms with van der Waals surface area (Å²) in [6, 6.07) is 9.65. The highest BCUT2D eigenvalue weighted by molar-refractivity contribution is 6.06. The third-order valence-electron chi connectivity index (χ3n) is 4.13. The van der Waals surface area contributed by atoms with Gasteiger partial charge in [-0.2, -0.15) is 0 Å². The highest BCUT2D eigenvalue weighted by Crippen LogP contribution is 2.26. The zero-order chi connectivity index (χ0) is 14.8. The Hall–Kier alpha value is -1.94. The van der Waals surface area contributed by atoms with Gasteiger partial charge in [-0.05, 0) is 38.3 Å². The number of amides is 1. The van der Waals surface area contributed by atoms with E-state index in [1.165, 1.54) is 0 Å². The Morgan fingerprint density at radius 2 is 2.24 bits per heavy atom. The number of benzene rings is 1. The van der Waals surface area contributed by atoms with Gasteiger partial charge in [0.05, 0.1) is 17.2 Å². The fraction of sp³-hybridized carbons (Fsp3) is 0.412. The van der Waals surface area contributed by atoms with Gasteiger partial charge in [0, 0.05) is 24.2 Å². The van der Waals surface area contributed by atoms with Gasteiger partial charge in [-0.15, -0.1) is 0 Å². The summed E-state index contributed by atoms with van der Waals surface area (Å²) in [5, 5.41) is 10.5. The molecule has 21 heavy (non-hydrogen) atoms. The van der Waals surface area contributed by atoms with Crippen molar-refractivity contribution < 1.29 is 9.90 Å². The van der Waals surface area contributed by atoms with E-state index in [-0.39, 0.29) is 18.1 Å². The molecule has 2 heterocycles. The minimum Gasteiger partial charge on any atom is -0.393 e. The Balaban J connectivity index is 1.93. The second-order valence-corrected chi connectivity index (χ2v) is 5.75. The van der Waals surface area contributed by atoms with E-state index >= 15 is 0 Å². The molecule has 1 fully saturated rings. The lowest BCUT2D eigenvalue weighted by Crippen LogP contribution is -2.37. The Labute approximate surface area is 124 Å². The molecule has 1 aliphatic heterocycles. The third kappa shape index (κ3) is 2.76. The summed E-state index contributed by atoms with van der Waals surface area (Å²) in [6.45, 7) is 2.55. The van der Waals surface area contributed by atoms with E-state index in [1.54, 1.807) is 19.2 Å². The normalized spacial score (nSPS) is 19.9. The second-order valence-electron chi connectivity index (χ2n) is 5.75. The average Bonchev–Trinajstić information content (AvgIpc) is 2.93. The van der Waals surface area contributed by atoms with Gasteiger partial charge in [0.1, 0.15) is 0 Å². The molecule has 110 valence electrons. The molecule has 0 aliphatic carbocycles. The van der Waals surface area contributed by atoms with Gasteiger partial charge in [-0.3, -0.25) is 9.78 Å². The lowest BCUT2D eigenvalue weighted by molar-refractivity contribution is 0.0684. The summed E-state index contributed by atoms with van der Waals surface area (Å²) < 4.78 is 0. The minimum absolute atomic E-state index is 0.0525. The van der Waals surface area contributed by atoms with Gasteiger partial charge in [-0.1, -0.05) is 18.2 Å². The van der Waals surface area contributed by atoms with Crippen molar-refractivity contribution in [1.82, 2.24) is 9.88 Å². The first-order valence-electron chi connectivity index (χ1n) is 7.49. The largest absolute Gasteiger partial charge is 0.393 e. The molecule has 2 atom stereocenters. The first-order valence-corrected chi connectivity index (χ1v) is 7.49. The highest BCUT2D eigenvalue weighted by Gasteiger charge is 2.30. The van der Waals surface area contributed by atoms with E-state index < -0.39 is 0 Å². The first kappa shape index (κ1) is 14.0. The van der Waals surface area contributed by atoms with Crippen molar-refractivity contribution >= 4 is 16.8 Å². The summed E-state index contributed by atoms with van der Waals surface area (Å²) in [5.41, 5.74) is 1.55. The van der Waals surface area contributed by atoms with Crippen LogP contribution in [0.25, 0.3) is 10.9 Å². The highest BCUT2D eigenvalue weighted by atomic mass is 16.3. The van der Waals surface area contributed by atoms with Crippen molar-refractivity contribution in [3.63, 3.8) is 0 Å². The predicted octanol–water partition coefficient (Wildman–Crippen LogP) is 2.61. The summed E-state index contributed by atoms with van der Waals surface area (Å²) in [4.78, 5) is 19.1. The smallest absolute Gasteiger partial charge is 0.254 e. The van der Waals surface area contributed by atoms with Gasteiger partial charge in [0.15, 0.2) is 0 Å². The molecule has 4 heteroatoms. The molecule has 1 amide bonds. The lowest BCUT2D eigenvalue weighted by Gasteiger charge is -2.26. The molecule has 0 radical (unpaired) electrons. The Morgan fingerprint density at radius 3 is 3.05 bits per heavy atom. The minimum atomic E-state index is -0.377. The molecule has 1 saturated heterocycles. The van der Waals surface area contributed by atoms with Crippen molar-refractivity contribution in [2.24, 2.45) is 0 Å². The van der Waals surface area contributed by atoms with Crippen molar-refractivity contribution in [1.29, 1.82) is 0 Å². The molecule has 2 unspecified atom stereocenters. The van der Waals surface area contributed by atoms with Crippen LogP contribution in [0.15, 0.2) is 36.5 Å². The van der Waals surface area contributed by atoms with Crippen LogP contribution in [0.2, 0.25) is 0 Å². The molecule has 0 saturated carbocycles. The first-order chi connectivity index (χ1) is 10.2. The molecule has 4 nitrogen and oxygen atoms in total. The van der Waals surface area contributed by atoms with Gasteiger partial charge in [0.25, 0.3) is 5.91 Å². The van der Waals surface area contributed by atoms with Crippen LogP contribution in [0.4, 0.5) is 0 Å². The molecule has 2 aromatic rings. The second kappa shape index (κ2) is 5.82. The van der Waals surface area contributed by atoms with Gasteiger partial charge in [-0.25, -0.2) is 0 Å². The van der Waals surface area contributed by atoms with Crippen molar-refractivity contribution in [2.75, 3.05) is 6.54 Å². The van der Waals surface area contributed by atoms with Crippen LogP contribution in [0, 0.1) is 0 Å². The van der Waals surface area contributed by atoms with Crippen LogP contribution in [0.3, 0.4) is 0 Å². The molecule has 3 rings (SSSR count). The molecule has 1 aromatic heterocycles. The number of para-hydroxylation sites is 1. The van der Waals surface area contributed by atoms with Gasteiger partial charge < -0.3 is 10.0 Å². The lowest BCUT2D eigenvalue weighted by atomic mass is 10.1. The number of aliphatic hydroxyl groups is 1. The summed E-state index contributed by atoms with van der Waals surface area (Å²) >= 11 is 0. The number of carbonyl (C=O) groups is 1. The van der Waals surface area contributed by atoms with E-state index in [0.29, 0.717) is 12.0 Å². The molecule has 1 aromatic carbocycles. The van der Waals surface area contributed by atoms with Crippen molar-refractivity contribution in [2.45, 2.75) is 38.3 Å². The van der Waals surface area contributed by atoms with Crippen LogP contribution in [0.5, 0.6) is 0 Å². The van der Waals surface area contributed by atoms with Crippen LogP contribution >= 0.6 is 0 Å². The van der Waals surface area contributed by atoms with E-state index in [0.717, 1.165) is 30.3 Å². The summed E-state index contributed by atoms with van der Waals surface area (Å²) in [6.07, 6.45) is 3.94. The number of fused-ring (bicyclic) bond motifs is 1. The summed E-state index contributed by atoms with van der Waals surface area (Å²) in [7, 11) is 0. The van der Waals surface area contributed by atoms with E-state index in [2.05, 4.69) is 4.98 Å². The van der Waals surface area contributed by atoms with E-state index in [9.17, 15) is 9.90 Å². The van der Waals surface area contributed by atoms with E-state index in [1.807, 2.05) is 29.2 Å².